The Morgan fingerprint density at radius 2 is 1.47 bits per heavy atom. The van der Waals surface area contributed by atoms with Crippen LogP contribution in [0.2, 0.25) is 0 Å². The normalized spacial score (nSPS) is 11.7. The monoisotopic (exact) mass is 506 g/mol. The smallest absolute Gasteiger partial charge is 0.347 e. The quantitative estimate of drug-likeness (QED) is 0.0852. The standard InChI is InChI=1S/C30H38N2O3S/c1-3-4-5-6-7-8-9-13-20-36-30-31-21-27(22-32-30)26-16-18-28(19-17-26)35-24(2)29(33)34-23-25-14-11-10-12-15-25/h10-12,14-19,21-22,24H,3-9,13,20,23H2,1-2H3/t24-/m1/s1. The topological polar surface area (TPSA) is 61.3 Å². The van der Waals surface area contributed by atoms with Crippen LogP contribution in [0.3, 0.4) is 0 Å². The molecule has 0 saturated carbocycles. The second kappa shape index (κ2) is 16.0. The Bertz CT molecular complexity index is 1010. The Labute approximate surface area is 220 Å². The summed E-state index contributed by atoms with van der Waals surface area (Å²) < 4.78 is 11.1. The Morgan fingerprint density at radius 1 is 0.833 bits per heavy atom. The number of aromatic nitrogens is 2. The summed E-state index contributed by atoms with van der Waals surface area (Å²) in [6.07, 6.45) is 13.6. The highest BCUT2D eigenvalue weighted by atomic mass is 32.2. The summed E-state index contributed by atoms with van der Waals surface area (Å²) in [7, 11) is 0. The van der Waals surface area contributed by atoms with Crippen LogP contribution in [-0.2, 0) is 16.1 Å². The minimum absolute atomic E-state index is 0.236. The average molecular weight is 507 g/mol. The molecule has 1 heterocycles. The molecule has 0 N–H and O–H groups in total. The van der Waals surface area contributed by atoms with Crippen molar-refractivity contribution in [2.24, 2.45) is 0 Å². The maximum Gasteiger partial charge on any atom is 0.347 e. The summed E-state index contributed by atoms with van der Waals surface area (Å²) in [5.74, 6) is 1.28. The molecule has 0 saturated heterocycles. The number of ether oxygens (including phenoxy) is 2. The number of hydrogen-bond acceptors (Lipinski definition) is 6. The van der Waals surface area contributed by atoms with Gasteiger partial charge in [-0.05, 0) is 36.6 Å². The zero-order valence-electron chi connectivity index (χ0n) is 21.5. The van der Waals surface area contributed by atoms with E-state index in [4.69, 9.17) is 9.47 Å². The fraction of sp³-hybridized carbons (Fsp3) is 0.433. The Kier molecular flexibility index (Phi) is 12.3. The minimum atomic E-state index is -0.694. The van der Waals surface area contributed by atoms with E-state index in [0.717, 1.165) is 27.6 Å². The van der Waals surface area contributed by atoms with E-state index in [1.807, 2.05) is 67.0 Å². The average Bonchev–Trinajstić information content (AvgIpc) is 2.92. The highest BCUT2D eigenvalue weighted by Crippen LogP contribution is 2.24. The third-order valence-electron chi connectivity index (χ3n) is 5.91. The Balaban J connectivity index is 1.37. The molecule has 0 spiro atoms. The molecule has 5 nitrogen and oxygen atoms in total. The van der Waals surface area contributed by atoms with Crippen LogP contribution in [0.1, 0.15) is 70.8 Å². The van der Waals surface area contributed by atoms with Gasteiger partial charge in [-0.3, -0.25) is 0 Å². The molecule has 0 aliphatic heterocycles. The van der Waals surface area contributed by atoms with Crippen molar-refractivity contribution in [2.75, 3.05) is 5.75 Å². The second-order valence-corrected chi connectivity index (χ2v) is 10.0. The van der Waals surface area contributed by atoms with E-state index in [1.54, 1.807) is 18.7 Å². The molecule has 0 amide bonds. The predicted octanol–water partition coefficient (Wildman–Crippen LogP) is 7.89. The lowest BCUT2D eigenvalue weighted by molar-refractivity contribution is -0.152. The van der Waals surface area contributed by atoms with Crippen LogP contribution in [0.25, 0.3) is 11.1 Å². The van der Waals surface area contributed by atoms with Crippen molar-refractivity contribution in [3.05, 3.63) is 72.6 Å². The van der Waals surface area contributed by atoms with E-state index in [9.17, 15) is 4.79 Å². The van der Waals surface area contributed by atoms with Crippen molar-refractivity contribution in [3.63, 3.8) is 0 Å². The first-order valence-electron chi connectivity index (χ1n) is 13.1. The second-order valence-electron chi connectivity index (χ2n) is 8.96. The molecule has 0 radical (unpaired) electrons. The lowest BCUT2D eigenvalue weighted by atomic mass is 10.1. The predicted molar refractivity (Wildman–Crippen MR) is 147 cm³/mol. The third kappa shape index (κ3) is 10.0. The SMILES string of the molecule is CCCCCCCCCCSc1ncc(-c2ccc(O[C@H](C)C(=O)OCc3ccccc3)cc2)cn1. The number of hydrogen-bond donors (Lipinski definition) is 0. The van der Waals surface area contributed by atoms with Gasteiger partial charge in [-0.15, -0.1) is 0 Å². The maximum absolute atomic E-state index is 12.3. The number of carbonyl (C=O) groups excluding carboxylic acids is 1. The number of nitrogens with zero attached hydrogens (tertiary/aromatic N) is 2. The number of benzene rings is 2. The molecule has 1 aromatic heterocycles. The number of esters is 1. The first-order valence-corrected chi connectivity index (χ1v) is 14.1. The van der Waals surface area contributed by atoms with Crippen LogP contribution in [0.5, 0.6) is 5.75 Å². The van der Waals surface area contributed by atoms with Gasteiger partial charge in [-0.25, -0.2) is 14.8 Å². The van der Waals surface area contributed by atoms with Gasteiger partial charge in [0.2, 0.25) is 0 Å². The van der Waals surface area contributed by atoms with Gasteiger partial charge in [0, 0.05) is 23.7 Å². The van der Waals surface area contributed by atoms with E-state index >= 15 is 0 Å². The molecule has 3 aromatic rings. The number of thioether (sulfide) groups is 1. The van der Waals surface area contributed by atoms with Gasteiger partial charge in [0.1, 0.15) is 12.4 Å². The van der Waals surface area contributed by atoms with Crippen LogP contribution in [0, 0.1) is 0 Å². The van der Waals surface area contributed by atoms with E-state index in [0.29, 0.717) is 5.75 Å². The van der Waals surface area contributed by atoms with E-state index in [1.165, 1.54) is 51.4 Å². The van der Waals surface area contributed by atoms with E-state index < -0.39 is 12.1 Å². The van der Waals surface area contributed by atoms with Crippen molar-refractivity contribution in [3.8, 4) is 16.9 Å². The van der Waals surface area contributed by atoms with Crippen LogP contribution in [0.15, 0.2) is 72.1 Å². The van der Waals surface area contributed by atoms with Gasteiger partial charge >= 0.3 is 5.97 Å². The van der Waals surface area contributed by atoms with Crippen molar-refractivity contribution < 1.29 is 14.3 Å². The molecule has 0 unspecified atom stereocenters. The van der Waals surface area contributed by atoms with Crippen LogP contribution in [0.4, 0.5) is 0 Å². The van der Waals surface area contributed by atoms with Crippen LogP contribution < -0.4 is 4.74 Å². The molecular formula is C30H38N2O3S. The highest BCUT2D eigenvalue weighted by Gasteiger charge is 2.16. The third-order valence-corrected chi connectivity index (χ3v) is 6.88. The molecule has 0 fully saturated rings. The van der Waals surface area contributed by atoms with Gasteiger partial charge in [-0.1, -0.05) is 106 Å². The molecule has 2 aromatic carbocycles. The lowest BCUT2D eigenvalue weighted by Crippen LogP contribution is -2.26. The molecule has 192 valence electrons. The van der Waals surface area contributed by atoms with Gasteiger partial charge < -0.3 is 9.47 Å². The van der Waals surface area contributed by atoms with Crippen molar-refractivity contribution in [2.45, 2.75) is 83.1 Å². The number of carbonyl (C=O) groups is 1. The van der Waals surface area contributed by atoms with Gasteiger partial charge in [-0.2, -0.15) is 0 Å². The van der Waals surface area contributed by atoms with E-state index in [-0.39, 0.29) is 6.61 Å². The van der Waals surface area contributed by atoms with Gasteiger partial charge in [0.25, 0.3) is 0 Å². The summed E-state index contributed by atoms with van der Waals surface area (Å²) in [6.45, 7) is 4.19. The Morgan fingerprint density at radius 3 is 2.14 bits per heavy atom. The summed E-state index contributed by atoms with van der Waals surface area (Å²) in [5, 5.41) is 0.824. The fourth-order valence-corrected chi connectivity index (χ4v) is 4.55. The zero-order chi connectivity index (χ0) is 25.4. The molecule has 0 bridgehead atoms. The molecular weight excluding hydrogens is 468 g/mol. The molecule has 36 heavy (non-hydrogen) atoms. The zero-order valence-corrected chi connectivity index (χ0v) is 22.3. The molecule has 0 aliphatic rings. The highest BCUT2D eigenvalue weighted by molar-refractivity contribution is 7.99. The molecule has 1 atom stereocenters. The summed E-state index contributed by atoms with van der Waals surface area (Å²) in [6, 6.07) is 17.2. The molecule has 3 rings (SSSR count). The maximum atomic E-state index is 12.3. The first kappa shape index (κ1) is 27.7. The van der Waals surface area contributed by atoms with Gasteiger partial charge in [0.05, 0.1) is 0 Å². The van der Waals surface area contributed by atoms with Gasteiger partial charge in [0.15, 0.2) is 11.3 Å². The molecule has 0 aliphatic carbocycles. The van der Waals surface area contributed by atoms with Crippen molar-refractivity contribution >= 4 is 17.7 Å². The summed E-state index contributed by atoms with van der Waals surface area (Å²) in [4.78, 5) is 21.3. The number of unbranched alkanes of at least 4 members (excludes halogenated alkanes) is 7. The van der Waals surface area contributed by atoms with Crippen molar-refractivity contribution in [1.82, 2.24) is 9.97 Å². The minimum Gasteiger partial charge on any atom is -0.479 e. The lowest BCUT2D eigenvalue weighted by Gasteiger charge is -2.14. The molecule has 6 heteroatoms. The first-order chi connectivity index (χ1) is 17.7. The van der Waals surface area contributed by atoms with E-state index in [2.05, 4.69) is 16.9 Å². The number of rotatable bonds is 16. The van der Waals surface area contributed by atoms with Crippen molar-refractivity contribution in [1.29, 1.82) is 0 Å². The van der Waals surface area contributed by atoms with Crippen LogP contribution >= 0.6 is 11.8 Å². The summed E-state index contributed by atoms with van der Waals surface area (Å²) in [5.41, 5.74) is 2.90. The van der Waals surface area contributed by atoms with Crippen LogP contribution in [-0.4, -0.2) is 27.8 Å². The fourth-order valence-electron chi connectivity index (χ4n) is 3.76. The summed E-state index contributed by atoms with van der Waals surface area (Å²) >= 11 is 1.72. The largest absolute Gasteiger partial charge is 0.479 e. The Hall–Kier alpha value is -2.86.